The number of carboxylic acids is 1. The van der Waals surface area contributed by atoms with E-state index in [4.69, 9.17) is 5.11 Å². The van der Waals surface area contributed by atoms with E-state index in [1.807, 2.05) is 31.2 Å². The third-order valence-corrected chi connectivity index (χ3v) is 3.79. The van der Waals surface area contributed by atoms with E-state index in [1.54, 1.807) is 0 Å². The summed E-state index contributed by atoms with van der Waals surface area (Å²) in [6, 6.07) is 7.70. The van der Waals surface area contributed by atoms with Crippen LogP contribution in [0.2, 0.25) is 0 Å². The maximum atomic E-state index is 11.4. The van der Waals surface area contributed by atoms with E-state index in [2.05, 4.69) is 0 Å². The second-order valence-electron chi connectivity index (χ2n) is 4.93. The highest BCUT2D eigenvalue weighted by Crippen LogP contribution is 2.34. The first-order chi connectivity index (χ1) is 9.00. The molecule has 2 atom stereocenters. The minimum Gasteiger partial charge on any atom is -0.481 e. The quantitative estimate of drug-likeness (QED) is 0.857. The van der Waals surface area contributed by atoms with E-state index in [9.17, 15) is 14.7 Å². The first-order valence-electron chi connectivity index (χ1n) is 6.27. The van der Waals surface area contributed by atoms with E-state index in [1.165, 1.54) is 4.90 Å². The standard InChI is InChI=1S/C14H17NO4/c1-9-4-2-3-5-10(9)11-6-7-15(14(18)19)8-12(11)13(16)17/h2-5,11-12H,6-8H2,1H3,(H,16,17)(H,18,19)/t11-,12+/m0/s1. The van der Waals surface area contributed by atoms with Gasteiger partial charge >= 0.3 is 12.1 Å². The zero-order valence-corrected chi connectivity index (χ0v) is 10.7. The van der Waals surface area contributed by atoms with Gasteiger partial charge in [0, 0.05) is 19.0 Å². The minimum atomic E-state index is -1.05. The number of hydrogen-bond acceptors (Lipinski definition) is 2. The third-order valence-electron chi connectivity index (χ3n) is 3.79. The number of hydrogen-bond donors (Lipinski definition) is 2. The van der Waals surface area contributed by atoms with Crippen LogP contribution in [0.4, 0.5) is 4.79 Å². The van der Waals surface area contributed by atoms with Crippen molar-refractivity contribution in [1.82, 2.24) is 4.90 Å². The van der Waals surface area contributed by atoms with Crippen LogP contribution in [0.5, 0.6) is 0 Å². The molecule has 1 aliphatic rings. The fourth-order valence-electron chi connectivity index (χ4n) is 2.75. The van der Waals surface area contributed by atoms with Gasteiger partial charge in [-0.3, -0.25) is 4.79 Å². The molecule has 0 spiro atoms. The Bertz CT molecular complexity index is 500. The van der Waals surface area contributed by atoms with Crippen molar-refractivity contribution in [1.29, 1.82) is 0 Å². The fourth-order valence-corrected chi connectivity index (χ4v) is 2.75. The van der Waals surface area contributed by atoms with Crippen LogP contribution >= 0.6 is 0 Å². The summed E-state index contributed by atoms with van der Waals surface area (Å²) < 4.78 is 0. The van der Waals surface area contributed by atoms with E-state index in [0.717, 1.165) is 11.1 Å². The Labute approximate surface area is 111 Å². The van der Waals surface area contributed by atoms with Gasteiger partial charge in [-0.25, -0.2) is 4.79 Å². The Morgan fingerprint density at radius 3 is 2.53 bits per heavy atom. The van der Waals surface area contributed by atoms with Crippen LogP contribution in [0.15, 0.2) is 24.3 Å². The third kappa shape index (κ3) is 2.70. The van der Waals surface area contributed by atoms with Crippen LogP contribution in [-0.2, 0) is 4.79 Å². The predicted octanol–water partition coefficient (Wildman–Crippen LogP) is 2.16. The zero-order valence-electron chi connectivity index (χ0n) is 10.7. The SMILES string of the molecule is Cc1ccccc1[C@@H]1CCN(C(=O)O)C[C@H]1C(=O)O. The van der Waals surface area contributed by atoms with Crippen molar-refractivity contribution in [2.75, 3.05) is 13.1 Å². The van der Waals surface area contributed by atoms with Crippen LogP contribution < -0.4 is 0 Å². The summed E-state index contributed by atoms with van der Waals surface area (Å²) in [5.74, 6) is -1.72. The highest BCUT2D eigenvalue weighted by Gasteiger charge is 2.37. The maximum Gasteiger partial charge on any atom is 0.407 e. The molecule has 0 bridgehead atoms. The highest BCUT2D eigenvalue weighted by atomic mass is 16.4. The molecule has 0 aliphatic carbocycles. The largest absolute Gasteiger partial charge is 0.481 e. The summed E-state index contributed by atoms with van der Waals surface area (Å²) >= 11 is 0. The average Bonchev–Trinajstić information content (AvgIpc) is 2.38. The lowest BCUT2D eigenvalue weighted by Crippen LogP contribution is -2.45. The number of benzene rings is 1. The van der Waals surface area contributed by atoms with E-state index in [-0.39, 0.29) is 12.5 Å². The summed E-state index contributed by atoms with van der Waals surface area (Å²) in [6.45, 7) is 2.40. The van der Waals surface area contributed by atoms with Crippen molar-refractivity contribution in [2.45, 2.75) is 19.3 Å². The van der Waals surface area contributed by atoms with Gasteiger partial charge in [-0.15, -0.1) is 0 Å². The number of amides is 1. The molecule has 0 radical (unpaired) electrons. The van der Waals surface area contributed by atoms with Gasteiger partial charge in [0.15, 0.2) is 0 Å². The van der Waals surface area contributed by atoms with E-state index in [0.29, 0.717) is 13.0 Å². The second kappa shape index (κ2) is 5.30. The van der Waals surface area contributed by atoms with Crippen LogP contribution in [0, 0.1) is 12.8 Å². The Morgan fingerprint density at radius 1 is 1.26 bits per heavy atom. The molecule has 1 heterocycles. The first-order valence-corrected chi connectivity index (χ1v) is 6.27. The van der Waals surface area contributed by atoms with Crippen LogP contribution in [-0.4, -0.2) is 40.3 Å². The monoisotopic (exact) mass is 263 g/mol. The molecular weight excluding hydrogens is 246 g/mol. The van der Waals surface area contributed by atoms with Gasteiger partial charge in [0.25, 0.3) is 0 Å². The molecule has 1 aromatic carbocycles. The van der Waals surface area contributed by atoms with Crippen molar-refractivity contribution in [3.05, 3.63) is 35.4 Å². The van der Waals surface area contributed by atoms with Crippen molar-refractivity contribution < 1.29 is 19.8 Å². The molecule has 2 N–H and O–H groups in total. The van der Waals surface area contributed by atoms with Crippen molar-refractivity contribution in [3.8, 4) is 0 Å². The molecular formula is C14H17NO4. The minimum absolute atomic E-state index is 0.0592. The van der Waals surface area contributed by atoms with Gasteiger partial charge in [0.05, 0.1) is 5.92 Å². The molecule has 1 aromatic rings. The smallest absolute Gasteiger partial charge is 0.407 e. The maximum absolute atomic E-state index is 11.4. The molecule has 1 amide bonds. The Balaban J connectivity index is 2.28. The van der Waals surface area contributed by atoms with Gasteiger partial charge in [0.1, 0.15) is 0 Å². The number of aliphatic carboxylic acids is 1. The predicted molar refractivity (Wildman–Crippen MR) is 69.3 cm³/mol. The molecule has 0 unspecified atom stereocenters. The lowest BCUT2D eigenvalue weighted by Gasteiger charge is -2.35. The lowest BCUT2D eigenvalue weighted by molar-refractivity contribution is -0.144. The number of piperidine rings is 1. The normalized spacial score (nSPS) is 23.1. The summed E-state index contributed by atoms with van der Waals surface area (Å²) in [7, 11) is 0. The van der Waals surface area contributed by atoms with Crippen molar-refractivity contribution in [2.24, 2.45) is 5.92 Å². The van der Waals surface area contributed by atoms with Crippen molar-refractivity contribution in [3.63, 3.8) is 0 Å². The van der Waals surface area contributed by atoms with Crippen LogP contribution in [0.3, 0.4) is 0 Å². The number of carboxylic acid groups (broad SMARTS) is 2. The number of carbonyl (C=O) groups is 2. The molecule has 1 saturated heterocycles. The topological polar surface area (TPSA) is 77.8 Å². The van der Waals surface area contributed by atoms with E-state index < -0.39 is 18.0 Å². The molecule has 1 aliphatic heterocycles. The summed E-state index contributed by atoms with van der Waals surface area (Å²) in [6.07, 6.45) is -0.497. The molecule has 0 aromatic heterocycles. The number of aryl methyl sites for hydroxylation is 1. The Hall–Kier alpha value is -2.04. The first kappa shape index (κ1) is 13.4. The fraction of sp³-hybridized carbons (Fsp3) is 0.429. The zero-order chi connectivity index (χ0) is 14.0. The molecule has 102 valence electrons. The summed E-state index contributed by atoms with van der Waals surface area (Å²) in [4.78, 5) is 23.6. The van der Waals surface area contributed by atoms with Gasteiger partial charge in [-0.05, 0) is 24.5 Å². The molecule has 0 saturated carbocycles. The summed E-state index contributed by atoms with van der Waals surface area (Å²) in [5.41, 5.74) is 2.07. The highest BCUT2D eigenvalue weighted by molar-refractivity contribution is 5.74. The molecule has 5 heteroatoms. The molecule has 5 nitrogen and oxygen atoms in total. The molecule has 2 rings (SSSR count). The van der Waals surface area contributed by atoms with Gasteiger partial charge < -0.3 is 15.1 Å². The van der Waals surface area contributed by atoms with Gasteiger partial charge in [-0.1, -0.05) is 24.3 Å². The number of rotatable bonds is 2. The summed E-state index contributed by atoms with van der Waals surface area (Å²) in [5, 5.41) is 18.3. The average molecular weight is 263 g/mol. The molecule has 19 heavy (non-hydrogen) atoms. The van der Waals surface area contributed by atoms with E-state index >= 15 is 0 Å². The molecule has 1 fully saturated rings. The Kier molecular flexibility index (Phi) is 3.74. The van der Waals surface area contributed by atoms with Gasteiger partial charge in [-0.2, -0.15) is 0 Å². The van der Waals surface area contributed by atoms with Crippen LogP contribution in [0.1, 0.15) is 23.5 Å². The number of likely N-dealkylation sites (tertiary alicyclic amines) is 1. The number of nitrogens with zero attached hydrogens (tertiary/aromatic N) is 1. The second-order valence-corrected chi connectivity index (χ2v) is 4.93. The lowest BCUT2D eigenvalue weighted by atomic mass is 9.79. The van der Waals surface area contributed by atoms with Crippen LogP contribution in [0.25, 0.3) is 0 Å². The Morgan fingerprint density at radius 2 is 1.95 bits per heavy atom. The van der Waals surface area contributed by atoms with Gasteiger partial charge in [0.2, 0.25) is 0 Å². The van der Waals surface area contributed by atoms with Crippen molar-refractivity contribution >= 4 is 12.1 Å².